The molecule has 1 amide bonds. The zero-order valence-electron chi connectivity index (χ0n) is 15.7. The van der Waals surface area contributed by atoms with Gasteiger partial charge in [0.25, 0.3) is 5.91 Å². The molecule has 0 aliphatic rings. The first-order valence-corrected chi connectivity index (χ1v) is 8.88. The third-order valence-corrected chi connectivity index (χ3v) is 3.94. The van der Waals surface area contributed by atoms with Gasteiger partial charge in [-0.1, -0.05) is 30.3 Å². The standard InChI is InChI=1S/C21H20N4O4/c1-14(29-21(27)18-19(22)24-12-11-23-18)20(26)25-16-7-9-17(10-8-16)28-13-15-5-3-2-4-6-15/h2-12,14H,13H2,1H3,(H2,22,24)(H,25,26)/t14-/m0/s1. The molecule has 1 atom stereocenters. The van der Waals surface area contributed by atoms with Crippen molar-refractivity contribution in [3.63, 3.8) is 0 Å². The highest BCUT2D eigenvalue weighted by atomic mass is 16.5. The van der Waals surface area contributed by atoms with Gasteiger partial charge in [0, 0.05) is 18.1 Å². The van der Waals surface area contributed by atoms with Crippen molar-refractivity contribution in [1.82, 2.24) is 9.97 Å². The number of amides is 1. The number of carbonyl (C=O) groups excluding carboxylic acids is 2. The first-order chi connectivity index (χ1) is 14.0. The number of nitrogens with one attached hydrogen (secondary N) is 1. The second kappa shape index (κ2) is 9.32. The number of rotatable bonds is 7. The van der Waals surface area contributed by atoms with Gasteiger partial charge < -0.3 is 20.5 Å². The van der Waals surface area contributed by atoms with Gasteiger partial charge in [-0.2, -0.15) is 0 Å². The second-order valence-electron chi connectivity index (χ2n) is 6.13. The summed E-state index contributed by atoms with van der Waals surface area (Å²) in [7, 11) is 0. The topological polar surface area (TPSA) is 116 Å². The smallest absolute Gasteiger partial charge is 0.361 e. The van der Waals surface area contributed by atoms with Gasteiger partial charge in [-0.3, -0.25) is 4.79 Å². The van der Waals surface area contributed by atoms with Crippen LogP contribution in [0, 0.1) is 0 Å². The summed E-state index contributed by atoms with van der Waals surface area (Å²) in [6, 6.07) is 16.7. The molecule has 0 saturated carbocycles. The van der Waals surface area contributed by atoms with Gasteiger partial charge >= 0.3 is 5.97 Å². The highest BCUT2D eigenvalue weighted by molar-refractivity contribution is 5.98. The van der Waals surface area contributed by atoms with Crippen molar-refractivity contribution >= 4 is 23.4 Å². The van der Waals surface area contributed by atoms with Gasteiger partial charge in [-0.15, -0.1) is 0 Å². The quantitative estimate of drug-likeness (QED) is 0.594. The Kier molecular flexibility index (Phi) is 6.36. The van der Waals surface area contributed by atoms with Crippen LogP contribution in [0.3, 0.4) is 0 Å². The van der Waals surface area contributed by atoms with Crippen LogP contribution in [-0.4, -0.2) is 27.9 Å². The van der Waals surface area contributed by atoms with Gasteiger partial charge in [-0.05, 0) is 36.8 Å². The molecule has 8 heteroatoms. The predicted octanol–water partition coefficient (Wildman–Crippen LogP) is 2.82. The van der Waals surface area contributed by atoms with E-state index in [1.165, 1.54) is 19.3 Å². The average Bonchev–Trinajstić information content (AvgIpc) is 2.74. The molecule has 1 aromatic heterocycles. The maximum Gasteiger partial charge on any atom is 0.361 e. The van der Waals surface area contributed by atoms with E-state index in [0.29, 0.717) is 18.0 Å². The number of esters is 1. The number of ether oxygens (including phenoxy) is 2. The molecule has 3 aromatic rings. The first-order valence-electron chi connectivity index (χ1n) is 8.88. The lowest BCUT2D eigenvalue weighted by molar-refractivity contribution is -0.123. The minimum atomic E-state index is -1.04. The van der Waals surface area contributed by atoms with Crippen LogP contribution in [-0.2, 0) is 16.1 Å². The number of nitrogen functional groups attached to an aromatic ring is 1. The molecule has 0 radical (unpaired) electrons. The van der Waals surface area contributed by atoms with Crippen molar-refractivity contribution in [2.24, 2.45) is 0 Å². The number of hydrogen-bond donors (Lipinski definition) is 2. The molecule has 148 valence electrons. The molecular weight excluding hydrogens is 372 g/mol. The normalized spacial score (nSPS) is 11.3. The molecule has 0 aliphatic heterocycles. The summed E-state index contributed by atoms with van der Waals surface area (Å²) in [6.45, 7) is 1.90. The zero-order chi connectivity index (χ0) is 20.6. The third kappa shape index (κ3) is 5.52. The van der Waals surface area contributed by atoms with Gasteiger partial charge in [-0.25, -0.2) is 14.8 Å². The number of benzene rings is 2. The highest BCUT2D eigenvalue weighted by Crippen LogP contribution is 2.18. The van der Waals surface area contributed by atoms with Crippen LogP contribution in [0.5, 0.6) is 5.75 Å². The lowest BCUT2D eigenvalue weighted by atomic mass is 10.2. The van der Waals surface area contributed by atoms with E-state index < -0.39 is 18.0 Å². The van der Waals surface area contributed by atoms with Gasteiger partial charge in [0.05, 0.1) is 0 Å². The number of hydrogen-bond acceptors (Lipinski definition) is 7. The van der Waals surface area contributed by atoms with Crippen molar-refractivity contribution in [3.05, 3.63) is 78.2 Å². The van der Waals surface area contributed by atoms with Crippen LogP contribution in [0.1, 0.15) is 23.0 Å². The van der Waals surface area contributed by atoms with E-state index in [9.17, 15) is 9.59 Å². The Bertz CT molecular complexity index is 977. The summed E-state index contributed by atoms with van der Waals surface area (Å²) in [4.78, 5) is 31.9. The Morgan fingerprint density at radius 3 is 2.41 bits per heavy atom. The summed E-state index contributed by atoms with van der Waals surface area (Å²) in [5, 5.41) is 2.68. The minimum Gasteiger partial charge on any atom is -0.489 e. The fraction of sp³-hybridized carbons (Fsp3) is 0.143. The van der Waals surface area contributed by atoms with Gasteiger partial charge in [0.15, 0.2) is 17.6 Å². The molecule has 3 N–H and O–H groups in total. The van der Waals surface area contributed by atoms with E-state index >= 15 is 0 Å². The highest BCUT2D eigenvalue weighted by Gasteiger charge is 2.21. The Morgan fingerprint density at radius 1 is 1.03 bits per heavy atom. The molecule has 29 heavy (non-hydrogen) atoms. The largest absolute Gasteiger partial charge is 0.489 e. The van der Waals surface area contributed by atoms with Gasteiger partial charge in [0.1, 0.15) is 12.4 Å². The Labute approximate surface area is 167 Å². The maximum atomic E-state index is 12.3. The van der Waals surface area contributed by atoms with E-state index in [2.05, 4.69) is 15.3 Å². The molecule has 2 aromatic carbocycles. The van der Waals surface area contributed by atoms with E-state index in [4.69, 9.17) is 15.2 Å². The molecule has 0 fully saturated rings. The molecule has 8 nitrogen and oxygen atoms in total. The maximum absolute atomic E-state index is 12.3. The van der Waals surface area contributed by atoms with Crippen LogP contribution in [0.25, 0.3) is 0 Å². The van der Waals surface area contributed by atoms with Crippen molar-refractivity contribution < 1.29 is 19.1 Å². The van der Waals surface area contributed by atoms with Gasteiger partial charge in [0.2, 0.25) is 0 Å². The van der Waals surface area contributed by atoms with Crippen LogP contribution in [0.4, 0.5) is 11.5 Å². The zero-order valence-corrected chi connectivity index (χ0v) is 15.7. The van der Waals surface area contributed by atoms with E-state index in [1.54, 1.807) is 24.3 Å². The molecule has 0 bridgehead atoms. The second-order valence-corrected chi connectivity index (χ2v) is 6.13. The summed E-state index contributed by atoms with van der Waals surface area (Å²) in [5.74, 6) is -0.692. The number of anilines is 2. The molecule has 0 unspecified atom stereocenters. The monoisotopic (exact) mass is 392 g/mol. The van der Waals surface area contributed by atoms with Crippen molar-refractivity contribution in [3.8, 4) is 5.75 Å². The number of nitrogens with two attached hydrogens (primary N) is 1. The van der Waals surface area contributed by atoms with E-state index in [0.717, 1.165) is 5.56 Å². The Balaban J connectivity index is 1.52. The fourth-order valence-electron chi connectivity index (χ4n) is 2.40. The first kappa shape index (κ1) is 19.8. The molecule has 1 heterocycles. The summed E-state index contributed by atoms with van der Waals surface area (Å²) < 4.78 is 10.8. The molecule has 0 saturated heterocycles. The van der Waals surface area contributed by atoms with Crippen LogP contribution in [0.2, 0.25) is 0 Å². The van der Waals surface area contributed by atoms with Crippen LogP contribution >= 0.6 is 0 Å². The summed E-state index contributed by atoms with van der Waals surface area (Å²) in [5.41, 5.74) is 7.06. The third-order valence-electron chi connectivity index (χ3n) is 3.94. The van der Waals surface area contributed by atoms with Crippen molar-refractivity contribution in [2.75, 3.05) is 11.1 Å². The van der Waals surface area contributed by atoms with E-state index in [-0.39, 0.29) is 11.5 Å². The van der Waals surface area contributed by atoms with Crippen molar-refractivity contribution in [1.29, 1.82) is 0 Å². The van der Waals surface area contributed by atoms with E-state index in [1.807, 2.05) is 30.3 Å². The Hall–Kier alpha value is -3.94. The predicted molar refractivity (Wildman–Crippen MR) is 107 cm³/mol. The number of aromatic nitrogens is 2. The minimum absolute atomic E-state index is 0.0591. The SMILES string of the molecule is C[C@H](OC(=O)c1nccnc1N)C(=O)Nc1ccc(OCc2ccccc2)cc1. The Morgan fingerprint density at radius 2 is 1.72 bits per heavy atom. The molecule has 0 aliphatic carbocycles. The molecule has 0 spiro atoms. The lowest BCUT2D eigenvalue weighted by Crippen LogP contribution is -2.30. The summed E-state index contributed by atoms with van der Waals surface area (Å²) in [6.07, 6.45) is 1.63. The van der Waals surface area contributed by atoms with Crippen LogP contribution < -0.4 is 15.8 Å². The number of nitrogens with zero attached hydrogens (tertiary/aromatic N) is 2. The van der Waals surface area contributed by atoms with Crippen LogP contribution in [0.15, 0.2) is 67.0 Å². The average molecular weight is 392 g/mol. The molecule has 3 rings (SSSR count). The lowest BCUT2D eigenvalue weighted by Gasteiger charge is -2.14. The molecular formula is C21H20N4O4. The fourth-order valence-corrected chi connectivity index (χ4v) is 2.40. The van der Waals surface area contributed by atoms with Crippen molar-refractivity contribution in [2.45, 2.75) is 19.6 Å². The number of carbonyl (C=O) groups is 2. The summed E-state index contributed by atoms with van der Waals surface area (Å²) >= 11 is 0.